The first-order valence-corrected chi connectivity index (χ1v) is 12.7. The smallest absolute Gasteiger partial charge is 0.316 e. The molecule has 0 spiro atoms. The molecule has 2 atom stereocenters. The van der Waals surface area contributed by atoms with Gasteiger partial charge in [-0.1, -0.05) is 36.4 Å². The van der Waals surface area contributed by atoms with Crippen molar-refractivity contribution in [1.82, 2.24) is 31.2 Å². The summed E-state index contributed by atoms with van der Waals surface area (Å²) in [5, 5.41) is 13.2. The third-order valence-corrected chi connectivity index (χ3v) is 6.36. The number of rotatable bonds is 10. The van der Waals surface area contributed by atoms with Gasteiger partial charge in [0.2, 0.25) is 11.8 Å². The SMILES string of the molecule is CCNC(=O)N[C@H](Cc1c[nH]c2ccccc12)NC(=O)[C@@H](Cc1c[nH]c2ccccc12)NC(=O)C(C)(C)N. The van der Waals surface area contributed by atoms with Crippen LogP contribution in [0.5, 0.6) is 0 Å². The molecule has 0 saturated heterocycles. The second kappa shape index (κ2) is 11.4. The second-order valence-corrected chi connectivity index (χ2v) is 9.94. The number of nitrogens with one attached hydrogen (secondary N) is 6. The minimum absolute atomic E-state index is 0.235. The van der Waals surface area contributed by atoms with Crippen LogP contribution in [0.2, 0.25) is 0 Å². The van der Waals surface area contributed by atoms with Crippen LogP contribution >= 0.6 is 0 Å². The van der Waals surface area contributed by atoms with E-state index in [1.807, 2.05) is 67.8 Å². The van der Waals surface area contributed by atoms with Crippen molar-refractivity contribution in [3.05, 3.63) is 72.1 Å². The van der Waals surface area contributed by atoms with Crippen molar-refractivity contribution >= 4 is 39.7 Å². The zero-order valence-corrected chi connectivity index (χ0v) is 21.9. The second-order valence-electron chi connectivity index (χ2n) is 9.94. The third kappa shape index (κ3) is 6.33. The zero-order valence-electron chi connectivity index (χ0n) is 21.9. The maximum absolute atomic E-state index is 13.7. The van der Waals surface area contributed by atoms with Gasteiger partial charge in [0.15, 0.2) is 0 Å². The molecule has 2 heterocycles. The van der Waals surface area contributed by atoms with Crippen LogP contribution in [0.25, 0.3) is 21.8 Å². The Labute approximate surface area is 221 Å². The Morgan fingerprint density at radius 3 is 1.95 bits per heavy atom. The fraction of sp³-hybridized carbons (Fsp3) is 0.321. The highest BCUT2D eigenvalue weighted by Crippen LogP contribution is 2.21. The molecule has 38 heavy (non-hydrogen) atoms. The normalized spacial score (nSPS) is 13.2. The van der Waals surface area contributed by atoms with Crippen molar-refractivity contribution < 1.29 is 14.4 Å². The molecule has 4 amide bonds. The molecule has 200 valence electrons. The number of para-hydroxylation sites is 2. The Bertz CT molecular complexity index is 1430. The highest BCUT2D eigenvalue weighted by molar-refractivity contribution is 5.93. The summed E-state index contributed by atoms with van der Waals surface area (Å²) in [6.07, 6.45) is 3.54. The number of aromatic nitrogens is 2. The monoisotopic (exact) mass is 517 g/mol. The van der Waals surface area contributed by atoms with E-state index in [1.165, 1.54) is 0 Å². The van der Waals surface area contributed by atoms with E-state index in [4.69, 9.17) is 5.73 Å². The molecule has 2 aromatic heterocycles. The molecule has 0 aliphatic carbocycles. The van der Waals surface area contributed by atoms with Gasteiger partial charge < -0.3 is 37.0 Å². The Morgan fingerprint density at radius 2 is 1.39 bits per heavy atom. The summed E-state index contributed by atoms with van der Waals surface area (Å²) in [5.74, 6) is -0.892. The van der Waals surface area contributed by atoms with Gasteiger partial charge in [0.25, 0.3) is 0 Å². The molecule has 0 aliphatic heterocycles. The number of hydrogen-bond acceptors (Lipinski definition) is 4. The van der Waals surface area contributed by atoms with Crippen LogP contribution in [-0.4, -0.2) is 52.1 Å². The van der Waals surface area contributed by atoms with Crippen LogP contribution in [0.3, 0.4) is 0 Å². The average Bonchev–Trinajstić information content (AvgIpc) is 3.47. The molecule has 0 unspecified atom stereocenters. The quantitative estimate of drug-likeness (QED) is 0.161. The fourth-order valence-corrected chi connectivity index (χ4v) is 4.37. The molecule has 4 rings (SSSR count). The van der Waals surface area contributed by atoms with Crippen molar-refractivity contribution in [2.24, 2.45) is 5.73 Å². The number of carbonyl (C=O) groups is 3. The number of urea groups is 1. The van der Waals surface area contributed by atoms with Crippen molar-refractivity contribution in [3.8, 4) is 0 Å². The molecular weight excluding hydrogens is 482 g/mol. The third-order valence-electron chi connectivity index (χ3n) is 6.36. The maximum atomic E-state index is 13.7. The Hall–Kier alpha value is -4.31. The lowest BCUT2D eigenvalue weighted by atomic mass is 10.0. The summed E-state index contributed by atoms with van der Waals surface area (Å²) >= 11 is 0. The summed E-state index contributed by atoms with van der Waals surface area (Å²) in [4.78, 5) is 45.3. The van der Waals surface area contributed by atoms with Gasteiger partial charge in [0, 0.05) is 53.6 Å². The van der Waals surface area contributed by atoms with E-state index in [9.17, 15) is 14.4 Å². The first kappa shape index (κ1) is 26.7. The number of fused-ring (bicyclic) bond motifs is 2. The highest BCUT2D eigenvalue weighted by atomic mass is 16.2. The van der Waals surface area contributed by atoms with Gasteiger partial charge in [-0.05, 0) is 44.0 Å². The summed E-state index contributed by atoms with van der Waals surface area (Å²) < 4.78 is 0. The van der Waals surface area contributed by atoms with Gasteiger partial charge in [-0.3, -0.25) is 9.59 Å². The van der Waals surface area contributed by atoms with E-state index in [-0.39, 0.29) is 6.42 Å². The molecule has 0 fully saturated rings. The molecule has 2 aromatic carbocycles. The van der Waals surface area contributed by atoms with E-state index in [1.54, 1.807) is 13.8 Å². The number of benzene rings is 2. The van der Waals surface area contributed by atoms with Crippen LogP contribution in [0.15, 0.2) is 60.9 Å². The minimum Gasteiger partial charge on any atom is -0.361 e. The zero-order chi connectivity index (χ0) is 27.3. The van der Waals surface area contributed by atoms with E-state index in [0.29, 0.717) is 13.0 Å². The van der Waals surface area contributed by atoms with Crippen molar-refractivity contribution in [2.75, 3.05) is 6.54 Å². The molecule has 0 saturated carbocycles. The lowest BCUT2D eigenvalue weighted by Crippen LogP contribution is -2.60. The predicted molar refractivity (Wildman–Crippen MR) is 148 cm³/mol. The lowest BCUT2D eigenvalue weighted by Gasteiger charge is -2.27. The van der Waals surface area contributed by atoms with Crippen LogP contribution in [-0.2, 0) is 22.4 Å². The van der Waals surface area contributed by atoms with Crippen LogP contribution in [0, 0.1) is 0 Å². The van der Waals surface area contributed by atoms with Gasteiger partial charge >= 0.3 is 6.03 Å². The minimum atomic E-state index is -1.18. The van der Waals surface area contributed by atoms with Crippen molar-refractivity contribution in [3.63, 3.8) is 0 Å². The van der Waals surface area contributed by atoms with E-state index < -0.39 is 35.6 Å². The molecule has 0 radical (unpaired) electrons. The van der Waals surface area contributed by atoms with Gasteiger partial charge in [0.1, 0.15) is 12.2 Å². The standard InChI is InChI=1S/C28H35N7O3/c1-4-30-27(38)35-24(14-18-16-32-22-12-8-6-10-20(18)22)34-25(36)23(33-26(37)28(2,3)29)13-17-15-31-21-11-7-5-9-19(17)21/h5-12,15-16,23-24,31-32H,4,13-14,29H2,1-3H3,(H,33,37)(H,34,36)(H2,30,35,38)/t23-,24-/m1/s1. The van der Waals surface area contributed by atoms with E-state index in [0.717, 1.165) is 32.9 Å². The van der Waals surface area contributed by atoms with Crippen LogP contribution in [0.1, 0.15) is 31.9 Å². The summed E-state index contributed by atoms with van der Waals surface area (Å²) in [6, 6.07) is 14.2. The number of hydrogen-bond donors (Lipinski definition) is 7. The number of amides is 4. The number of carbonyl (C=O) groups excluding carboxylic acids is 3. The molecule has 0 aliphatic rings. The number of aromatic amines is 2. The van der Waals surface area contributed by atoms with Gasteiger partial charge in [-0.15, -0.1) is 0 Å². The Morgan fingerprint density at radius 1 is 0.842 bits per heavy atom. The molecule has 4 aromatic rings. The topological polar surface area (TPSA) is 157 Å². The summed E-state index contributed by atoms with van der Waals surface area (Å²) in [5.41, 5.74) is 8.54. The van der Waals surface area contributed by atoms with Crippen molar-refractivity contribution in [1.29, 1.82) is 0 Å². The van der Waals surface area contributed by atoms with E-state index >= 15 is 0 Å². The Kier molecular flexibility index (Phi) is 8.02. The molecule has 10 heteroatoms. The molecular formula is C28H35N7O3. The van der Waals surface area contributed by atoms with E-state index in [2.05, 4.69) is 31.2 Å². The highest BCUT2D eigenvalue weighted by Gasteiger charge is 2.30. The lowest BCUT2D eigenvalue weighted by molar-refractivity contribution is -0.131. The first-order chi connectivity index (χ1) is 18.2. The molecule has 0 bridgehead atoms. The van der Waals surface area contributed by atoms with Crippen molar-refractivity contribution in [2.45, 2.75) is 51.4 Å². The van der Waals surface area contributed by atoms with Gasteiger partial charge in [-0.25, -0.2) is 4.79 Å². The van der Waals surface area contributed by atoms with Gasteiger partial charge in [-0.2, -0.15) is 0 Å². The number of nitrogens with two attached hydrogens (primary N) is 1. The fourth-order valence-electron chi connectivity index (χ4n) is 4.37. The van der Waals surface area contributed by atoms with Gasteiger partial charge in [0.05, 0.1) is 5.54 Å². The predicted octanol–water partition coefficient (Wildman–Crippen LogP) is 2.42. The van der Waals surface area contributed by atoms with Crippen LogP contribution in [0.4, 0.5) is 4.79 Å². The van der Waals surface area contributed by atoms with Crippen LogP contribution < -0.4 is 27.0 Å². The summed E-state index contributed by atoms with van der Waals surface area (Å²) in [7, 11) is 0. The number of H-pyrrole nitrogens is 2. The largest absolute Gasteiger partial charge is 0.361 e. The Balaban J connectivity index is 1.59. The molecule has 8 N–H and O–H groups in total. The molecule has 10 nitrogen and oxygen atoms in total. The summed E-state index contributed by atoms with van der Waals surface area (Å²) in [6.45, 7) is 5.41. The average molecular weight is 518 g/mol. The maximum Gasteiger partial charge on any atom is 0.316 e. The first-order valence-electron chi connectivity index (χ1n) is 12.7.